The first kappa shape index (κ1) is 13.4. The molecule has 0 saturated carbocycles. The number of hydrogen-bond donors (Lipinski definition) is 1. The monoisotopic (exact) mass is 249 g/mol. The minimum atomic E-state index is -2.82. The van der Waals surface area contributed by atoms with Gasteiger partial charge in [-0.25, -0.2) is 8.42 Å². The summed E-state index contributed by atoms with van der Waals surface area (Å²) in [4.78, 5) is 11.4. The van der Waals surface area contributed by atoms with Gasteiger partial charge in [0.05, 0.1) is 18.1 Å². The van der Waals surface area contributed by atoms with Crippen LogP contribution >= 0.6 is 0 Å². The molecule has 5 nitrogen and oxygen atoms in total. The van der Waals surface area contributed by atoms with Crippen LogP contribution in [0, 0.1) is 5.92 Å². The fourth-order valence-electron chi connectivity index (χ4n) is 1.77. The van der Waals surface area contributed by atoms with Crippen LogP contribution in [0.4, 0.5) is 0 Å². The minimum absolute atomic E-state index is 0.0126. The van der Waals surface area contributed by atoms with Gasteiger partial charge in [-0.05, 0) is 18.8 Å². The van der Waals surface area contributed by atoms with Crippen LogP contribution < -0.4 is 5.32 Å². The standard InChI is InChI=1S/C10H19NO4S/c1-15-5-4-11-10(12)8-9-2-6-16(13,14)7-3-9/h9H,2-8H2,1H3,(H,11,12). The minimum Gasteiger partial charge on any atom is -0.383 e. The second kappa shape index (κ2) is 6.20. The first-order chi connectivity index (χ1) is 7.53. The molecule has 1 rings (SSSR count). The van der Waals surface area contributed by atoms with Crippen molar-refractivity contribution in [2.75, 3.05) is 31.8 Å². The van der Waals surface area contributed by atoms with Crippen molar-refractivity contribution in [2.45, 2.75) is 19.3 Å². The molecule has 0 aromatic rings. The van der Waals surface area contributed by atoms with Crippen LogP contribution in [0.1, 0.15) is 19.3 Å². The van der Waals surface area contributed by atoms with E-state index >= 15 is 0 Å². The van der Waals surface area contributed by atoms with Gasteiger partial charge < -0.3 is 10.1 Å². The number of hydrogen-bond acceptors (Lipinski definition) is 4. The second-order valence-electron chi connectivity index (χ2n) is 4.14. The van der Waals surface area contributed by atoms with Crippen LogP contribution in [0.3, 0.4) is 0 Å². The van der Waals surface area contributed by atoms with Crippen LogP contribution in [-0.2, 0) is 19.4 Å². The van der Waals surface area contributed by atoms with E-state index in [0.717, 1.165) is 0 Å². The van der Waals surface area contributed by atoms with Crippen molar-refractivity contribution < 1.29 is 17.9 Å². The lowest BCUT2D eigenvalue weighted by Crippen LogP contribution is -2.31. The largest absolute Gasteiger partial charge is 0.383 e. The zero-order valence-corrected chi connectivity index (χ0v) is 10.4. The molecule has 0 radical (unpaired) electrons. The van der Waals surface area contributed by atoms with Crippen LogP contribution in [-0.4, -0.2) is 46.1 Å². The van der Waals surface area contributed by atoms with E-state index in [1.54, 1.807) is 7.11 Å². The first-order valence-corrected chi connectivity index (χ1v) is 7.31. The summed E-state index contributed by atoms with van der Waals surface area (Å²) in [6.45, 7) is 1.02. The molecule has 0 aliphatic carbocycles. The van der Waals surface area contributed by atoms with E-state index in [4.69, 9.17) is 4.74 Å². The molecule has 0 unspecified atom stereocenters. The highest BCUT2D eigenvalue weighted by Gasteiger charge is 2.24. The summed E-state index contributed by atoms with van der Waals surface area (Å²) < 4.78 is 27.2. The van der Waals surface area contributed by atoms with E-state index in [2.05, 4.69) is 5.32 Å². The van der Waals surface area contributed by atoms with E-state index in [1.807, 2.05) is 0 Å². The molecule has 1 saturated heterocycles. The van der Waals surface area contributed by atoms with Crippen molar-refractivity contribution in [3.05, 3.63) is 0 Å². The zero-order chi connectivity index (χ0) is 12.0. The molecule has 1 fully saturated rings. The molecule has 1 aliphatic heterocycles. The fraction of sp³-hybridized carbons (Fsp3) is 0.900. The normalized spacial score (nSPS) is 20.6. The van der Waals surface area contributed by atoms with E-state index in [9.17, 15) is 13.2 Å². The van der Waals surface area contributed by atoms with Gasteiger partial charge in [0, 0.05) is 20.1 Å². The Hall–Kier alpha value is -0.620. The molecule has 0 aromatic heterocycles. The SMILES string of the molecule is COCCNC(=O)CC1CCS(=O)(=O)CC1. The van der Waals surface area contributed by atoms with Crippen LogP contribution in [0.25, 0.3) is 0 Å². The molecule has 1 aliphatic rings. The van der Waals surface area contributed by atoms with Gasteiger partial charge in [-0.3, -0.25) is 4.79 Å². The molecule has 1 heterocycles. The van der Waals surface area contributed by atoms with Gasteiger partial charge in [0.2, 0.25) is 5.91 Å². The van der Waals surface area contributed by atoms with E-state index in [1.165, 1.54) is 0 Å². The summed E-state index contributed by atoms with van der Waals surface area (Å²) in [5.41, 5.74) is 0. The van der Waals surface area contributed by atoms with Gasteiger partial charge in [0.1, 0.15) is 9.84 Å². The number of nitrogens with one attached hydrogen (secondary N) is 1. The van der Waals surface area contributed by atoms with Crippen molar-refractivity contribution in [2.24, 2.45) is 5.92 Å². The van der Waals surface area contributed by atoms with Gasteiger partial charge in [0.15, 0.2) is 0 Å². The third-order valence-corrected chi connectivity index (χ3v) is 4.49. The number of sulfone groups is 1. The molecular formula is C10H19NO4S. The van der Waals surface area contributed by atoms with Gasteiger partial charge >= 0.3 is 0 Å². The average Bonchev–Trinajstić information content (AvgIpc) is 2.22. The highest BCUT2D eigenvalue weighted by atomic mass is 32.2. The van der Waals surface area contributed by atoms with Crippen molar-refractivity contribution in [3.63, 3.8) is 0 Å². The summed E-state index contributed by atoms with van der Waals surface area (Å²) in [6, 6.07) is 0. The zero-order valence-electron chi connectivity index (χ0n) is 9.57. The van der Waals surface area contributed by atoms with Crippen LogP contribution in [0.5, 0.6) is 0 Å². The van der Waals surface area contributed by atoms with Crippen LogP contribution in [0.2, 0.25) is 0 Å². The molecule has 16 heavy (non-hydrogen) atoms. The van der Waals surface area contributed by atoms with Crippen LogP contribution in [0.15, 0.2) is 0 Å². The molecule has 94 valence electrons. The number of methoxy groups -OCH3 is 1. The summed E-state index contributed by atoms with van der Waals surface area (Å²) in [6.07, 6.45) is 1.65. The predicted octanol–water partition coefficient (Wildman–Crippen LogP) is -0.0361. The summed E-state index contributed by atoms with van der Waals surface area (Å²) in [7, 11) is -1.24. The number of carbonyl (C=O) groups is 1. The third-order valence-electron chi connectivity index (χ3n) is 2.78. The summed E-state index contributed by atoms with van der Waals surface area (Å²) >= 11 is 0. The molecule has 0 spiro atoms. The smallest absolute Gasteiger partial charge is 0.220 e. The van der Waals surface area contributed by atoms with Crippen molar-refractivity contribution in [3.8, 4) is 0 Å². The molecule has 1 amide bonds. The Morgan fingerprint density at radius 1 is 1.38 bits per heavy atom. The molecular weight excluding hydrogens is 230 g/mol. The van der Waals surface area contributed by atoms with Crippen molar-refractivity contribution in [1.29, 1.82) is 0 Å². The van der Waals surface area contributed by atoms with Crippen molar-refractivity contribution in [1.82, 2.24) is 5.32 Å². The van der Waals surface area contributed by atoms with Gasteiger partial charge in [0.25, 0.3) is 0 Å². The Bertz CT molecular complexity index is 312. The predicted molar refractivity (Wildman–Crippen MR) is 60.9 cm³/mol. The summed E-state index contributed by atoms with van der Waals surface area (Å²) in [5, 5.41) is 2.74. The molecule has 1 N–H and O–H groups in total. The van der Waals surface area contributed by atoms with Gasteiger partial charge in [-0.15, -0.1) is 0 Å². The first-order valence-electron chi connectivity index (χ1n) is 5.49. The molecule has 6 heteroatoms. The number of rotatable bonds is 5. The highest BCUT2D eigenvalue weighted by molar-refractivity contribution is 7.91. The van der Waals surface area contributed by atoms with E-state index < -0.39 is 9.84 Å². The Morgan fingerprint density at radius 2 is 2.00 bits per heavy atom. The summed E-state index contributed by atoms with van der Waals surface area (Å²) in [5.74, 6) is 0.652. The molecule has 0 atom stereocenters. The maximum atomic E-state index is 11.4. The Kier molecular flexibility index (Phi) is 5.21. The highest BCUT2D eigenvalue weighted by Crippen LogP contribution is 2.21. The van der Waals surface area contributed by atoms with E-state index in [-0.39, 0.29) is 23.3 Å². The lowest BCUT2D eigenvalue weighted by atomic mass is 9.98. The van der Waals surface area contributed by atoms with E-state index in [0.29, 0.717) is 32.4 Å². The number of carbonyl (C=O) groups excluding carboxylic acids is 1. The van der Waals surface area contributed by atoms with Gasteiger partial charge in [-0.1, -0.05) is 0 Å². The number of amides is 1. The quantitative estimate of drug-likeness (QED) is 0.694. The second-order valence-corrected chi connectivity index (χ2v) is 6.45. The lowest BCUT2D eigenvalue weighted by Gasteiger charge is -2.21. The lowest BCUT2D eigenvalue weighted by molar-refractivity contribution is -0.122. The third kappa shape index (κ3) is 4.94. The Balaban J connectivity index is 2.20. The topological polar surface area (TPSA) is 72.5 Å². The molecule has 0 bridgehead atoms. The molecule has 0 aromatic carbocycles. The average molecular weight is 249 g/mol. The fourth-order valence-corrected chi connectivity index (χ4v) is 3.36. The Labute approximate surface area is 96.5 Å². The number of ether oxygens (including phenoxy) is 1. The Morgan fingerprint density at radius 3 is 2.56 bits per heavy atom. The maximum Gasteiger partial charge on any atom is 0.220 e. The maximum absolute atomic E-state index is 11.4. The van der Waals surface area contributed by atoms with Gasteiger partial charge in [-0.2, -0.15) is 0 Å². The van der Waals surface area contributed by atoms with Crippen molar-refractivity contribution >= 4 is 15.7 Å².